The first-order chi connectivity index (χ1) is 12.2. The van der Waals surface area contributed by atoms with Crippen molar-refractivity contribution in [1.82, 2.24) is 0 Å². The van der Waals surface area contributed by atoms with E-state index in [0.717, 1.165) is 5.75 Å². The SMILES string of the molecule is CC(C)CCSC(c1ccccc1)(c1ccccc1)c1ccccc1. The second-order valence-electron chi connectivity index (χ2n) is 6.81. The monoisotopic (exact) mass is 346 g/mol. The summed E-state index contributed by atoms with van der Waals surface area (Å²) in [5.74, 6) is 1.85. The number of benzene rings is 3. The molecule has 128 valence electrons. The van der Waals surface area contributed by atoms with Crippen molar-refractivity contribution in [2.24, 2.45) is 5.92 Å². The summed E-state index contributed by atoms with van der Waals surface area (Å²) in [4.78, 5) is 0. The molecular formula is C24H26S. The number of thioether (sulfide) groups is 1. The van der Waals surface area contributed by atoms with Crippen molar-refractivity contribution in [3.63, 3.8) is 0 Å². The second-order valence-corrected chi connectivity index (χ2v) is 8.12. The molecule has 0 aliphatic rings. The summed E-state index contributed by atoms with van der Waals surface area (Å²) in [5, 5.41) is 0. The van der Waals surface area contributed by atoms with E-state index < -0.39 is 0 Å². The summed E-state index contributed by atoms with van der Waals surface area (Å²) in [6, 6.07) is 32.8. The molecule has 0 spiro atoms. The molecule has 0 heterocycles. The van der Waals surface area contributed by atoms with E-state index in [9.17, 15) is 0 Å². The van der Waals surface area contributed by atoms with Crippen LogP contribution < -0.4 is 0 Å². The maximum absolute atomic E-state index is 2.30. The molecule has 1 heteroatoms. The highest BCUT2D eigenvalue weighted by atomic mass is 32.2. The Morgan fingerprint density at radius 2 is 1.00 bits per heavy atom. The maximum atomic E-state index is 2.30. The van der Waals surface area contributed by atoms with Gasteiger partial charge in [0, 0.05) is 0 Å². The Labute approximate surface area is 156 Å². The van der Waals surface area contributed by atoms with Gasteiger partial charge in [0.05, 0.1) is 4.75 Å². The van der Waals surface area contributed by atoms with Gasteiger partial charge in [-0.1, -0.05) is 105 Å². The number of rotatable bonds is 7. The molecule has 0 atom stereocenters. The van der Waals surface area contributed by atoms with Gasteiger partial charge in [-0.05, 0) is 34.8 Å². The Morgan fingerprint density at radius 1 is 0.640 bits per heavy atom. The number of hydrogen-bond donors (Lipinski definition) is 0. The first-order valence-corrected chi connectivity index (χ1v) is 10.0. The van der Waals surface area contributed by atoms with Crippen LogP contribution in [0.5, 0.6) is 0 Å². The van der Waals surface area contributed by atoms with Crippen LogP contribution in [0.1, 0.15) is 37.0 Å². The van der Waals surface area contributed by atoms with Crippen LogP contribution in [-0.4, -0.2) is 5.75 Å². The van der Waals surface area contributed by atoms with E-state index in [-0.39, 0.29) is 4.75 Å². The zero-order chi connectivity index (χ0) is 17.5. The van der Waals surface area contributed by atoms with Crippen molar-refractivity contribution in [1.29, 1.82) is 0 Å². The van der Waals surface area contributed by atoms with Gasteiger partial charge in [-0.15, -0.1) is 11.8 Å². The van der Waals surface area contributed by atoms with Gasteiger partial charge in [-0.2, -0.15) is 0 Å². The van der Waals surface area contributed by atoms with Crippen LogP contribution in [0.4, 0.5) is 0 Å². The van der Waals surface area contributed by atoms with Crippen molar-refractivity contribution >= 4 is 11.8 Å². The van der Waals surface area contributed by atoms with E-state index in [1.54, 1.807) is 0 Å². The van der Waals surface area contributed by atoms with Gasteiger partial charge in [0.15, 0.2) is 0 Å². The van der Waals surface area contributed by atoms with Gasteiger partial charge >= 0.3 is 0 Å². The molecule has 3 aromatic rings. The third-order valence-electron chi connectivity index (χ3n) is 4.55. The number of hydrogen-bond acceptors (Lipinski definition) is 1. The molecule has 0 radical (unpaired) electrons. The average Bonchev–Trinajstić information content (AvgIpc) is 2.67. The minimum atomic E-state index is -0.168. The third kappa shape index (κ3) is 3.99. The van der Waals surface area contributed by atoms with Crippen molar-refractivity contribution in [2.75, 3.05) is 5.75 Å². The molecule has 0 aliphatic carbocycles. The van der Waals surface area contributed by atoms with Crippen LogP contribution in [0.25, 0.3) is 0 Å². The van der Waals surface area contributed by atoms with Gasteiger partial charge < -0.3 is 0 Å². The molecule has 3 aromatic carbocycles. The Balaban J connectivity index is 2.16. The Kier molecular flexibility index (Phi) is 5.99. The predicted molar refractivity (Wildman–Crippen MR) is 111 cm³/mol. The van der Waals surface area contributed by atoms with Crippen molar-refractivity contribution < 1.29 is 0 Å². The highest BCUT2D eigenvalue weighted by molar-refractivity contribution is 8.00. The lowest BCUT2D eigenvalue weighted by atomic mass is 9.84. The summed E-state index contributed by atoms with van der Waals surface area (Å²) < 4.78 is -0.168. The standard InChI is InChI=1S/C24H26S/c1-20(2)18-19-25-24(21-12-6-3-7-13-21,22-14-8-4-9-15-22)23-16-10-5-11-17-23/h3-17,20H,18-19H2,1-2H3. The first kappa shape index (κ1) is 17.8. The van der Waals surface area contributed by atoms with Crippen molar-refractivity contribution in [3.8, 4) is 0 Å². The molecule has 25 heavy (non-hydrogen) atoms. The van der Waals surface area contributed by atoms with E-state index in [2.05, 4.69) is 117 Å². The fourth-order valence-electron chi connectivity index (χ4n) is 3.22. The molecule has 0 aliphatic heterocycles. The Morgan fingerprint density at radius 3 is 1.32 bits per heavy atom. The lowest BCUT2D eigenvalue weighted by molar-refractivity contribution is 0.630. The largest absolute Gasteiger partial charge is 0.141 e. The van der Waals surface area contributed by atoms with Crippen LogP contribution in [0, 0.1) is 5.92 Å². The first-order valence-electron chi connectivity index (χ1n) is 9.04. The van der Waals surface area contributed by atoms with Gasteiger partial charge in [-0.3, -0.25) is 0 Å². The fourth-order valence-corrected chi connectivity index (χ4v) is 5.02. The average molecular weight is 347 g/mol. The summed E-state index contributed by atoms with van der Waals surface area (Å²) in [6.45, 7) is 4.60. The van der Waals surface area contributed by atoms with Crippen molar-refractivity contribution in [3.05, 3.63) is 108 Å². The molecule has 0 amide bonds. The molecule has 0 aromatic heterocycles. The molecule has 0 saturated carbocycles. The third-order valence-corrected chi connectivity index (χ3v) is 6.13. The highest BCUT2D eigenvalue weighted by Gasteiger charge is 2.36. The van der Waals surface area contributed by atoms with E-state index in [1.165, 1.54) is 23.1 Å². The van der Waals surface area contributed by atoms with E-state index in [0.29, 0.717) is 5.92 Å². The summed E-state index contributed by atoms with van der Waals surface area (Å²) in [6.07, 6.45) is 1.22. The molecule has 0 unspecified atom stereocenters. The van der Waals surface area contributed by atoms with Crippen molar-refractivity contribution in [2.45, 2.75) is 25.0 Å². The molecule has 3 rings (SSSR count). The fraction of sp³-hybridized carbons (Fsp3) is 0.250. The highest BCUT2D eigenvalue weighted by Crippen LogP contribution is 2.48. The minimum absolute atomic E-state index is 0.168. The van der Waals surface area contributed by atoms with Crippen LogP contribution in [0.2, 0.25) is 0 Å². The molecule has 0 fully saturated rings. The van der Waals surface area contributed by atoms with E-state index in [1.807, 2.05) is 0 Å². The lowest BCUT2D eigenvalue weighted by Gasteiger charge is -2.35. The van der Waals surface area contributed by atoms with Gasteiger partial charge in [0.1, 0.15) is 0 Å². The zero-order valence-electron chi connectivity index (χ0n) is 15.1. The predicted octanol–water partition coefficient (Wildman–Crippen LogP) is 6.76. The van der Waals surface area contributed by atoms with Gasteiger partial charge in [-0.25, -0.2) is 0 Å². The minimum Gasteiger partial charge on any atom is -0.141 e. The molecule has 0 bridgehead atoms. The second kappa shape index (κ2) is 8.40. The lowest BCUT2D eigenvalue weighted by Crippen LogP contribution is -2.26. The summed E-state index contributed by atoms with van der Waals surface area (Å²) in [5.41, 5.74) is 4.04. The van der Waals surface area contributed by atoms with Crippen LogP contribution in [0.3, 0.4) is 0 Å². The molecule has 0 N–H and O–H groups in total. The van der Waals surface area contributed by atoms with Gasteiger partial charge in [0.25, 0.3) is 0 Å². The molecule has 0 saturated heterocycles. The van der Waals surface area contributed by atoms with Gasteiger partial charge in [0.2, 0.25) is 0 Å². The zero-order valence-corrected chi connectivity index (χ0v) is 15.9. The Hall–Kier alpha value is -1.99. The quantitative estimate of drug-likeness (QED) is 0.426. The summed E-state index contributed by atoms with van der Waals surface area (Å²) in [7, 11) is 0. The van der Waals surface area contributed by atoms with Crippen LogP contribution in [-0.2, 0) is 4.75 Å². The Bertz CT molecular complexity index is 651. The van der Waals surface area contributed by atoms with Crippen LogP contribution >= 0.6 is 11.8 Å². The summed E-state index contributed by atoms with van der Waals surface area (Å²) >= 11 is 2.06. The maximum Gasteiger partial charge on any atom is 0.0906 e. The van der Waals surface area contributed by atoms with Crippen LogP contribution in [0.15, 0.2) is 91.0 Å². The smallest absolute Gasteiger partial charge is 0.0906 e. The molecular weight excluding hydrogens is 320 g/mol. The normalized spacial score (nSPS) is 11.6. The topological polar surface area (TPSA) is 0 Å². The molecule has 0 nitrogen and oxygen atoms in total. The van der Waals surface area contributed by atoms with E-state index >= 15 is 0 Å². The van der Waals surface area contributed by atoms with E-state index in [4.69, 9.17) is 0 Å².